The maximum absolute atomic E-state index is 4.66. The second-order valence-corrected chi connectivity index (χ2v) is 10.6. The smallest absolute Gasteiger partial charge is 0.130 e. The monoisotopic (exact) mass is 479 g/mol. The molecule has 6 rings (SSSR count). The predicted octanol–water partition coefficient (Wildman–Crippen LogP) is 4.95. The van der Waals surface area contributed by atoms with Crippen LogP contribution in [0.2, 0.25) is 0 Å². The molecule has 0 unspecified atom stereocenters. The molecule has 1 aromatic carbocycles. The van der Waals surface area contributed by atoms with Crippen LogP contribution in [-0.4, -0.2) is 57.9 Å². The molecule has 1 spiro atoms. The molecule has 4 aromatic rings. The van der Waals surface area contributed by atoms with E-state index in [9.17, 15) is 0 Å². The van der Waals surface area contributed by atoms with E-state index in [2.05, 4.69) is 81.1 Å². The number of aromatic nitrogens is 4. The molecular weight excluding hydrogens is 446 g/mol. The number of benzene rings is 1. The summed E-state index contributed by atoms with van der Waals surface area (Å²) in [5.74, 6) is 1.81. The minimum Gasteiger partial charge on any atom is -0.355 e. The molecule has 7 heteroatoms. The summed E-state index contributed by atoms with van der Waals surface area (Å²) in [6, 6.07) is 12.7. The number of fused-ring (bicyclic) bond motifs is 1. The van der Waals surface area contributed by atoms with Gasteiger partial charge in [-0.15, -0.1) is 0 Å². The van der Waals surface area contributed by atoms with Crippen molar-refractivity contribution >= 4 is 28.1 Å². The van der Waals surface area contributed by atoms with Gasteiger partial charge in [-0.1, -0.05) is 18.7 Å². The van der Waals surface area contributed by atoms with E-state index in [0.717, 1.165) is 63.6 Å². The summed E-state index contributed by atoms with van der Waals surface area (Å²) in [7, 11) is 4.19. The Kier molecular flexibility index (Phi) is 5.52. The molecule has 2 saturated heterocycles. The Morgan fingerprint density at radius 1 is 0.972 bits per heavy atom. The highest BCUT2D eigenvalue weighted by molar-refractivity contribution is 5.90. The summed E-state index contributed by atoms with van der Waals surface area (Å²) < 4.78 is 1.90. The molecule has 2 aliphatic heterocycles. The standard InChI is InChI=1S/C29H33N7/c1-20(22-7-10-30-28(15-22)36-18-29(19-36)8-11-34(3)12-9-29)33-27-14-25-13-23(5-6-24(25)16-31-27)26-17-32-35(4)21(26)2/h5-7,10,13-17H,1,8-9,11-12,18-19H2,2-4H3,(H,31,33). The van der Waals surface area contributed by atoms with Crippen LogP contribution in [0.15, 0.2) is 61.6 Å². The van der Waals surface area contributed by atoms with E-state index in [1.165, 1.54) is 25.9 Å². The van der Waals surface area contributed by atoms with Crippen molar-refractivity contribution < 1.29 is 0 Å². The van der Waals surface area contributed by atoms with Gasteiger partial charge in [0.15, 0.2) is 0 Å². The summed E-state index contributed by atoms with van der Waals surface area (Å²) in [6.07, 6.45) is 8.27. The Hall–Kier alpha value is -3.71. The maximum atomic E-state index is 4.66. The van der Waals surface area contributed by atoms with Crippen molar-refractivity contribution in [2.24, 2.45) is 12.5 Å². The number of anilines is 2. The van der Waals surface area contributed by atoms with Gasteiger partial charge in [-0.25, -0.2) is 9.97 Å². The van der Waals surface area contributed by atoms with Crippen molar-refractivity contribution in [2.45, 2.75) is 19.8 Å². The van der Waals surface area contributed by atoms with Gasteiger partial charge in [-0.2, -0.15) is 5.10 Å². The quantitative estimate of drug-likeness (QED) is 0.437. The molecule has 7 nitrogen and oxygen atoms in total. The lowest BCUT2D eigenvalue weighted by atomic mass is 9.72. The van der Waals surface area contributed by atoms with Gasteiger partial charge in [0.1, 0.15) is 11.6 Å². The first-order valence-electron chi connectivity index (χ1n) is 12.6. The van der Waals surface area contributed by atoms with Crippen molar-refractivity contribution in [1.29, 1.82) is 0 Å². The molecule has 1 N–H and O–H groups in total. The number of piperidine rings is 1. The fourth-order valence-electron chi connectivity index (χ4n) is 5.50. The zero-order chi connectivity index (χ0) is 24.9. The van der Waals surface area contributed by atoms with E-state index >= 15 is 0 Å². The third kappa shape index (κ3) is 4.13. The lowest BCUT2D eigenvalue weighted by molar-refractivity contribution is 0.0900. The van der Waals surface area contributed by atoms with Gasteiger partial charge in [0, 0.05) is 65.8 Å². The summed E-state index contributed by atoms with van der Waals surface area (Å²) >= 11 is 0. The molecular formula is C29H33N7. The van der Waals surface area contributed by atoms with E-state index in [1.807, 2.05) is 36.4 Å². The Morgan fingerprint density at radius 2 is 1.78 bits per heavy atom. The molecule has 0 bridgehead atoms. The molecule has 0 radical (unpaired) electrons. The number of pyridine rings is 2. The molecule has 0 atom stereocenters. The largest absolute Gasteiger partial charge is 0.355 e. The third-order valence-electron chi connectivity index (χ3n) is 8.07. The van der Waals surface area contributed by atoms with Gasteiger partial charge in [0.2, 0.25) is 0 Å². The maximum Gasteiger partial charge on any atom is 0.130 e. The number of hydrogen-bond acceptors (Lipinski definition) is 6. The number of hydrogen-bond donors (Lipinski definition) is 1. The Balaban J connectivity index is 1.17. The van der Waals surface area contributed by atoms with E-state index in [0.29, 0.717) is 5.41 Å². The summed E-state index contributed by atoms with van der Waals surface area (Å²) in [5, 5.41) is 10.0. The van der Waals surface area contributed by atoms with Crippen LogP contribution in [0, 0.1) is 12.3 Å². The number of rotatable bonds is 5. The number of nitrogens with zero attached hydrogens (tertiary/aromatic N) is 6. The zero-order valence-corrected chi connectivity index (χ0v) is 21.3. The van der Waals surface area contributed by atoms with Crippen molar-refractivity contribution in [1.82, 2.24) is 24.6 Å². The predicted molar refractivity (Wildman–Crippen MR) is 147 cm³/mol. The van der Waals surface area contributed by atoms with Crippen LogP contribution >= 0.6 is 0 Å². The molecule has 0 amide bonds. The Labute approximate surface area is 212 Å². The fourth-order valence-corrected chi connectivity index (χ4v) is 5.50. The Morgan fingerprint density at radius 3 is 2.53 bits per heavy atom. The third-order valence-corrected chi connectivity index (χ3v) is 8.07. The van der Waals surface area contributed by atoms with Crippen molar-refractivity contribution in [2.75, 3.05) is 43.4 Å². The lowest BCUT2D eigenvalue weighted by Gasteiger charge is -2.54. The van der Waals surface area contributed by atoms with E-state index in [4.69, 9.17) is 0 Å². The van der Waals surface area contributed by atoms with Crippen LogP contribution in [0.25, 0.3) is 27.6 Å². The topological polar surface area (TPSA) is 62.1 Å². The van der Waals surface area contributed by atoms with Gasteiger partial charge < -0.3 is 15.1 Å². The highest BCUT2D eigenvalue weighted by atomic mass is 15.3. The second-order valence-electron chi connectivity index (χ2n) is 10.6. The molecule has 2 fully saturated rings. The lowest BCUT2D eigenvalue weighted by Crippen LogP contribution is -2.60. The summed E-state index contributed by atoms with van der Waals surface area (Å²) in [5.41, 5.74) is 5.77. The average molecular weight is 480 g/mol. The van der Waals surface area contributed by atoms with Crippen LogP contribution in [-0.2, 0) is 7.05 Å². The molecule has 184 valence electrons. The first-order valence-corrected chi connectivity index (χ1v) is 12.6. The number of likely N-dealkylation sites (tertiary alicyclic amines) is 1. The average Bonchev–Trinajstić information content (AvgIpc) is 3.21. The molecule has 0 saturated carbocycles. The van der Waals surface area contributed by atoms with Crippen molar-refractivity contribution in [3.63, 3.8) is 0 Å². The zero-order valence-electron chi connectivity index (χ0n) is 21.3. The molecule has 36 heavy (non-hydrogen) atoms. The molecule has 3 aromatic heterocycles. The van der Waals surface area contributed by atoms with Crippen LogP contribution in [0.1, 0.15) is 24.1 Å². The van der Waals surface area contributed by atoms with Crippen LogP contribution in [0.5, 0.6) is 0 Å². The minimum atomic E-state index is 0.474. The van der Waals surface area contributed by atoms with Gasteiger partial charge >= 0.3 is 0 Å². The fraction of sp³-hybridized carbons (Fsp3) is 0.345. The summed E-state index contributed by atoms with van der Waals surface area (Å²) in [4.78, 5) is 14.1. The van der Waals surface area contributed by atoms with Crippen LogP contribution in [0.4, 0.5) is 11.6 Å². The molecule has 2 aliphatic rings. The van der Waals surface area contributed by atoms with Gasteiger partial charge in [-0.3, -0.25) is 4.68 Å². The highest BCUT2D eigenvalue weighted by Crippen LogP contribution is 2.42. The van der Waals surface area contributed by atoms with Crippen LogP contribution < -0.4 is 10.2 Å². The van der Waals surface area contributed by atoms with E-state index in [1.54, 1.807) is 0 Å². The van der Waals surface area contributed by atoms with Gasteiger partial charge in [0.25, 0.3) is 0 Å². The highest BCUT2D eigenvalue weighted by Gasteiger charge is 2.44. The SMILES string of the molecule is C=C(Nc1cc2cc(-c3cnn(C)c3C)ccc2cn1)c1ccnc(N2CC3(CCN(C)CC3)C2)c1. The molecule has 0 aliphatic carbocycles. The summed E-state index contributed by atoms with van der Waals surface area (Å²) in [6.45, 7) is 11.0. The number of nitrogens with one attached hydrogen (secondary N) is 1. The normalized spacial score (nSPS) is 17.4. The van der Waals surface area contributed by atoms with Gasteiger partial charge in [0.05, 0.1) is 6.20 Å². The Bertz CT molecular complexity index is 1440. The molecule has 5 heterocycles. The second kappa shape index (κ2) is 8.75. The first kappa shape index (κ1) is 22.7. The van der Waals surface area contributed by atoms with Crippen molar-refractivity contribution in [3.05, 3.63) is 72.8 Å². The van der Waals surface area contributed by atoms with E-state index < -0.39 is 0 Å². The van der Waals surface area contributed by atoms with Crippen LogP contribution in [0.3, 0.4) is 0 Å². The van der Waals surface area contributed by atoms with Crippen molar-refractivity contribution in [3.8, 4) is 11.1 Å². The first-order chi connectivity index (χ1) is 17.4. The number of aryl methyl sites for hydroxylation is 1. The van der Waals surface area contributed by atoms with E-state index in [-0.39, 0.29) is 0 Å². The minimum absolute atomic E-state index is 0.474. The van der Waals surface area contributed by atoms with Gasteiger partial charge in [-0.05, 0) is 75.1 Å².